The summed E-state index contributed by atoms with van der Waals surface area (Å²) in [6, 6.07) is 17.9. The molecule has 3 aromatic carbocycles. The summed E-state index contributed by atoms with van der Waals surface area (Å²) in [5.74, 6) is -0.995. The van der Waals surface area contributed by atoms with Crippen LogP contribution in [0.15, 0.2) is 72.8 Å². The number of amides is 2. The summed E-state index contributed by atoms with van der Waals surface area (Å²) in [4.78, 5) is 24.5. The van der Waals surface area contributed by atoms with Crippen LogP contribution in [0.25, 0.3) is 0 Å². The molecule has 0 fully saturated rings. The summed E-state index contributed by atoms with van der Waals surface area (Å²) in [6.45, 7) is 0.301. The Kier molecular flexibility index (Phi) is 7.19. The zero-order valence-corrected chi connectivity index (χ0v) is 18.4. The number of anilines is 1. The minimum Gasteiger partial charge on any atom is -0.486 e. The average Bonchev–Trinajstić information content (AvgIpc) is 3.32. The van der Waals surface area contributed by atoms with Gasteiger partial charge >= 0.3 is 0 Å². The third kappa shape index (κ3) is 6.20. The number of nitrogens with zero attached hydrogens (tertiary/aromatic N) is 2. The normalized spacial score (nSPS) is 10.5. The van der Waals surface area contributed by atoms with Crippen LogP contribution in [0.2, 0.25) is 0 Å². The van der Waals surface area contributed by atoms with Gasteiger partial charge in [0.1, 0.15) is 24.0 Å². The first-order chi connectivity index (χ1) is 16.5. The molecule has 2 amide bonds. The highest BCUT2D eigenvalue weighted by atomic mass is 32.1. The second-order valence-electron chi connectivity index (χ2n) is 7.09. The Bertz CT molecular complexity index is 1290. The van der Waals surface area contributed by atoms with Gasteiger partial charge in [-0.2, -0.15) is 0 Å². The SMILES string of the molecule is O=C(NCc1cccc(F)c1)c1ccc(OCc2nnc(C(=O)Nc3ccc(F)cc3)s2)cc1. The molecule has 4 aromatic rings. The number of nitrogens with one attached hydrogen (secondary N) is 2. The Morgan fingerprint density at radius 1 is 0.882 bits per heavy atom. The number of hydrogen-bond acceptors (Lipinski definition) is 6. The first-order valence-corrected chi connectivity index (χ1v) is 10.9. The molecule has 0 spiro atoms. The standard InChI is InChI=1S/C24H18F2N4O3S/c25-17-6-8-19(9-7-17)28-23(32)24-30-29-21(34-24)14-33-20-10-4-16(5-11-20)22(31)27-13-15-2-1-3-18(26)12-15/h1-12H,13-14H2,(H,27,31)(H,28,32). The summed E-state index contributed by atoms with van der Waals surface area (Å²) < 4.78 is 31.9. The lowest BCUT2D eigenvalue weighted by molar-refractivity contribution is 0.0950. The maximum absolute atomic E-state index is 13.2. The molecule has 0 aliphatic carbocycles. The van der Waals surface area contributed by atoms with Crippen LogP contribution < -0.4 is 15.4 Å². The van der Waals surface area contributed by atoms with Crippen LogP contribution in [0.1, 0.15) is 30.7 Å². The summed E-state index contributed by atoms with van der Waals surface area (Å²) in [6.07, 6.45) is 0. The van der Waals surface area contributed by atoms with Gasteiger partial charge in [0.05, 0.1) is 0 Å². The lowest BCUT2D eigenvalue weighted by Gasteiger charge is -2.07. The van der Waals surface area contributed by atoms with Gasteiger partial charge in [-0.05, 0) is 66.2 Å². The fourth-order valence-corrected chi connectivity index (χ4v) is 3.55. The van der Waals surface area contributed by atoms with E-state index < -0.39 is 11.7 Å². The van der Waals surface area contributed by atoms with Gasteiger partial charge in [0.15, 0.2) is 5.01 Å². The molecule has 0 saturated carbocycles. The largest absolute Gasteiger partial charge is 0.486 e. The molecule has 34 heavy (non-hydrogen) atoms. The smallest absolute Gasteiger partial charge is 0.286 e. The topological polar surface area (TPSA) is 93.2 Å². The van der Waals surface area contributed by atoms with Crippen LogP contribution in [0.3, 0.4) is 0 Å². The highest BCUT2D eigenvalue weighted by molar-refractivity contribution is 7.13. The zero-order valence-electron chi connectivity index (χ0n) is 17.6. The van der Waals surface area contributed by atoms with Crippen molar-refractivity contribution in [2.75, 3.05) is 5.32 Å². The van der Waals surface area contributed by atoms with E-state index in [2.05, 4.69) is 20.8 Å². The highest BCUT2D eigenvalue weighted by Gasteiger charge is 2.14. The predicted molar refractivity (Wildman–Crippen MR) is 123 cm³/mol. The molecule has 0 saturated heterocycles. The maximum Gasteiger partial charge on any atom is 0.286 e. The lowest BCUT2D eigenvalue weighted by atomic mass is 10.2. The maximum atomic E-state index is 13.2. The van der Waals surface area contributed by atoms with Crippen molar-refractivity contribution >= 4 is 28.8 Å². The minimum absolute atomic E-state index is 0.0899. The number of carbonyl (C=O) groups is 2. The first-order valence-electron chi connectivity index (χ1n) is 10.1. The van der Waals surface area contributed by atoms with E-state index in [1.165, 1.54) is 36.4 Å². The number of aromatic nitrogens is 2. The van der Waals surface area contributed by atoms with Gasteiger partial charge in [-0.25, -0.2) is 8.78 Å². The quantitative estimate of drug-likeness (QED) is 0.385. The van der Waals surface area contributed by atoms with Crippen LogP contribution >= 0.6 is 11.3 Å². The molecule has 4 rings (SSSR count). The first kappa shape index (κ1) is 23.0. The number of rotatable bonds is 8. The molecule has 1 heterocycles. The Balaban J connectivity index is 1.27. The molecule has 10 heteroatoms. The third-order valence-corrected chi connectivity index (χ3v) is 5.48. The second-order valence-corrected chi connectivity index (χ2v) is 8.15. The molecule has 0 aliphatic heterocycles. The van der Waals surface area contributed by atoms with E-state index in [0.717, 1.165) is 11.3 Å². The van der Waals surface area contributed by atoms with Crippen LogP contribution in [0.5, 0.6) is 5.75 Å². The third-order valence-electron chi connectivity index (χ3n) is 4.58. The van der Waals surface area contributed by atoms with Crippen molar-refractivity contribution in [3.8, 4) is 5.75 Å². The second kappa shape index (κ2) is 10.6. The fourth-order valence-electron chi connectivity index (χ4n) is 2.90. The molecule has 1 aromatic heterocycles. The van der Waals surface area contributed by atoms with Gasteiger partial charge in [-0.1, -0.05) is 23.5 Å². The number of carbonyl (C=O) groups excluding carboxylic acids is 2. The van der Waals surface area contributed by atoms with E-state index in [1.54, 1.807) is 36.4 Å². The molecule has 0 unspecified atom stereocenters. The molecule has 2 N–H and O–H groups in total. The molecule has 7 nitrogen and oxygen atoms in total. The molecule has 0 atom stereocenters. The molecule has 0 radical (unpaired) electrons. The Labute approximate surface area is 197 Å². The van der Waals surface area contributed by atoms with Gasteiger partial charge in [0.25, 0.3) is 11.8 Å². The van der Waals surface area contributed by atoms with E-state index in [9.17, 15) is 18.4 Å². The van der Waals surface area contributed by atoms with Crippen LogP contribution in [0.4, 0.5) is 14.5 Å². The van der Waals surface area contributed by atoms with E-state index >= 15 is 0 Å². The summed E-state index contributed by atoms with van der Waals surface area (Å²) >= 11 is 1.07. The van der Waals surface area contributed by atoms with Crippen molar-refractivity contribution < 1.29 is 23.1 Å². The number of ether oxygens (including phenoxy) is 1. The number of halogens is 2. The fraction of sp³-hybridized carbons (Fsp3) is 0.0833. The lowest BCUT2D eigenvalue weighted by Crippen LogP contribution is -2.22. The Morgan fingerprint density at radius 3 is 2.38 bits per heavy atom. The number of benzene rings is 3. The average molecular weight is 480 g/mol. The van der Waals surface area contributed by atoms with Gasteiger partial charge in [-0.15, -0.1) is 10.2 Å². The summed E-state index contributed by atoms with van der Waals surface area (Å²) in [5, 5.41) is 13.8. The molecule has 0 bridgehead atoms. The molecular formula is C24H18F2N4O3S. The summed E-state index contributed by atoms with van der Waals surface area (Å²) in [7, 11) is 0. The van der Waals surface area contributed by atoms with Crippen LogP contribution in [-0.4, -0.2) is 22.0 Å². The number of hydrogen-bond donors (Lipinski definition) is 2. The monoisotopic (exact) mass is 480 g/mol. The van der Waals surface area contributed by atoms with Gasteiger partial charge in [0, 0.05) is 17.8 Å². The summed E-state index contributed by atoms with van der Waals surface area (Å²) in [5.41, 5.74) is 1.54. The Morgan fingerprint density at radius 2 is 1.65 bits per heavy atom. The van der Waals surface area contributed by atoms with E-state index in [4.69, 9.17) is 4.74 Å². The Hall–Kier alpha value is -4.18. The minimum atomic E-state index is -0.455. The van der Waals surface area contributed by atoms with Crippen molar-refractivity contribution in [1.29, 1.82) is 0 Å². The van der Waals surface area contributed by atoms with Crippen molar-refractivity contribution in [2.45, 2.75) is 13.2 Å². The zero-order chi connectivity index (χ0) is 23.9. The molecule has 172 valence electrons. The van der Waals surface area contributed by atoms with Gasteiger partial charge in [0.2, 0.25) is 5.01 Å². The van der Waals surface area contributed by atoms with Crippen molar-refractivity contribution in [3.05, 3.63) is 106 Å². The van der Waals surface area contributed by atoms with Crippen LogP contribution in [-0.2, 0) is 13.2 Å². The molecular weight excluding hydrogens is 462 g/mol. The predicted octanol–water partition coefficient (Wildman–Crippen LogP) is 4.58. The highest BCUT2D eigenvalue weighted by Crippen LogP contribution is 2.18. The van der Waals surface area contributed by atoms with Crippen LogP contribution in [0, 0.1) is 11.6 Å². The van der Waals surface area contributed by atoms with E-state index in [0.29, 0.717) is 27.6 Å². The van der Waals surface area contributed by atoms with Crippen molar-refractivity contribution in [1.82, 2.24) is 15.5 Å². The van der Waals surface area contributed by atoms with Crippen molar-refractivity contribution in [2.24, 2.45) is 0 Å². The van der Waals surface area contributed by atoms with Gasteiger partial charge in [-0.3, -0.25) is 9.59 Å². The van der Waals surface area contributed by atoms with Gasteiger partial charge < -0.3 is 15.4 Å². The van der Waals surface area contributed by atoms with E-state index in [1.807, 2.05) is 0 Å². The molecule has 0 aliphatic rings. The van der Waals surface area contributed by atoms with E-state index in [-0.39, 0.29) is 29.9 Å². The van der Waals surface area contributed by atoms with Crippen molar-refractivity contribution in [3.63, 3.8) is 0 Å².